The fourth-order valence-electron chi connectivity index (χ4n) is 3.05. The Kier molecular flexibility index (Phi) is 15.9. The van der Waals surface area contributed by atoms with Crippen molar-refractivity contribution in [2.24, 2.45) is 13.0 Å². The molecule has 1 atom stereocenters. The molecule has 2 heterocycles. The van der Waals surface area contributed by atoms with Gasteiger partial charge in [0.15, 0.2) is 40.7 Å². The minimum atomic E-state index is -0.649. The molecule has 2 amide bonds. The topological polar surface area (TPSA) is 132 Å². The summed E-state index contributed by atoms with van der Waals surface area (Å²) in [5.41, 5.74) is 1.36. The van der Waals surface area contributed by atoms with Crippen molar-refractivity contribution in [1.82, 2.24) is 25.1 Å². The summed E-state index contributed by atoms with van der Waals surface area (Å²) in [7, 11) is 1.82. The number of halogens is 1. The Labute approximate surface area is 245 Å². The van der Waals surface area contributed by atoms with E-state index >= 15 is 0 Å². The Balaban J connectivity index is 0.000000838. The number of alkyl carbamates (subject to hydrolysis) is 1. The van der Waals surface area contributed by atoms with Crippen molar-refractivity contribution in [1.29, 1.82) is 0 Å². The lowest BCUT2D eigenvalue weighted by atomic mass is 10.2. The summed E-state index contributed by atoms with van der Waals surface area (Å²) in [4.78, 5) is 28.6. The quantitative estimate of drug-likeness (QED) is 0.206. The lowest BCUT2D eigenvalue weighted by Crippen LogP contribution is -2.29. The van der Waals surface area contributed by atoms with E-state index in [1.54, 1.807) is 25.1 Å². The van der Waals surface area contributed by atoms with Gasteiger partial charge in [-0.1, -0.05) is 47.5 Å². The van der Waals surface area contributed by atoms with Gasteiger partial charge in [0.05, 0.1) is 12.8 Å². The first kappa shape index (κ1) is 34.0. The number of aromatic amines is 1. The van der Waals surface area contributed by atoms with Crippen molar-refractivity contribution in [3.8, 4) is 11.5 Å². The van der Waals surface area contributed by atoms with Crippen LogP contribution in [0.1, 0.15) is 79.7 Å². The van der Waals surface area contributed by atoms with E-state index < -0.39 is 12.2 Å². The molecular weight excluding hydrogens is 615 g/mol. The molecule has 1 aromatic carbocycles. The molecule has 0 aliphatic carbocycles. The van der Waals surface area contributed by atoms with Crippen LogP contribution in [0.3, 0.4) is 0 Å². The standard InChI is InChI=1S/C19H23IN6O5.2C4H10/c1-4-29-12-5-6-13(31-20)17-16(12)24-18(26(17)3)11(2)30-19(28)21-9-8-15(27)23-14-7-10-22-25-14;1-4(2)3;1-3-4-2/h5-7,10-11H,4,8-9H2,1-3H3,(H,21,28)(H2,22,23,25,27);4H,1-3H3;3-4H2,1-2H3. The average Bonchev–Trinajstić information content (AvgIpc) is 3.52. The molecule has 0 aliphatic heterocycles. The summed E-state index contributed by atoms with van der Waals surface area (Å²) in [6, 6.07) is 5.23. The van der Waals surface area contributed by atoms with Gasteiger partial charge in [0, 0.05) is 26.1 Å². The Hall–Kier alpha value is -3.03. The van der Waals surface area contributed by atoms with E-state index in [9.17, 15) is 9.59 Å². The van der Waals surface area contributed by atoms with Crippen molar-refractivity contribution in [3.63, 3.8) is 0 Å². The third-order valence-corrected chi connectivity index (χ3v) is 5.38. The molecule has 0 saturated carbocycles. The molecule has 1 unspecified atom stereocenters. The van der Waals surface area contributed by atoms with Crippen LogP contribution in [0, 0.1) is 5.92 Å². The highest BCUT2D eigenvalue weighted by Gasteiger charge is 2.23. The van der Waals surface area contributed by atoms with Crippen LogP contribution >= 0.6 is 23.0 Å². The van der Waals surface area contributed by atoms with Crippen LogP contribution in [-0.4, -0.2) is 44.9 Å². The monoisotopic (exact) mass is 658 g/mol. The van der Waals surface area contributed by atoms with E-state index in [4.69, 9.17) is 12.5 Å². The summed E-state index contributed by atoms with van der Waals surface area (Å²) < 4.78 is 18.3. The maximum atomic E-state index is 12.2. The first-order valence-electron chi connectivity index (χ1n) is 13.2. The number of imidazole rings is 1. The number of aryl methyl sites for hydroxylation is 1. The normalized spacial score (nSPS) is 11.0. The fraction of sp³-hybridized carbons (Fsp3) is 0.556. The van der Waals surface area contributed by atoms with E-state index in [-0.39, 0.29) is 18.9 Å². The summed E-state index contributed by atoms with van der Waals surface area (Å²) >= 11 is 1.81. The van der Waals surface area contributed by atoms with Crippen molar-refractivity contribution < 1.29 is 22.1 Å². The number of anilines is 1. The number of hydrogen-bond donors (Lipinski definition) is 3. The van der Waals surface area contributed by atoms with Crippen LogP contribution in [0.4, 0.5) is 10.6 Å². The van der Waals surface area contributed by atoms with Gasteiger partial charge in [-0.3, -0.25) is 9.89 Å². The molecule has 11 nitrogen and oxygen atoms in total. The number of nitrogens with zero attached hydrogens (tertiary/aromatic N) is 3. The van der Waals surface area contributed by atoms with Crippen LogP contribution in [-0.2, 0) is 16.6 Å². The SMILES string of the molecule is CC(C)C.CCCC.CCOc1ccc(OI)c2c1nc(C(C)OC(=O)NCCC(=O)Nc1ccn[nH]1)n2C. The number of carbonyl (C=O) groups excluding carboxylic acids is 2. The molecule has 3 aromatic rings. The zero-order chi connectivity index (χ0) is 29.4. The predicted molar refractivity (Wildman–Crippen MR) is 162 cm³/mol. The number of ether oxygens (including phenoxy) is 2. The molecule has 2 aromatic heterocycles. The van der Waals surface area contributed by atoms with Crippen LogP contribution in [0.2, 0.25) is 0 Å². The van der Waals surface area contributed by atoms with Gasteiger partial charge in [-0.25, -0.2) is 9.78 Å². The van der Waals surface area contributed by atoms with Gasteiger partial charge in [0.2, 0.25) is 5.91 Å². The fourth-order valence-corrected chi connectivity index (χ4v) is 3.40. The van der Waals surface area contributed by atoms with Crippen molar-refractivity contribution in [2.45, 2.75) is 73.8 Å². The number of H-pyrrole nitrogens is 1. The molecule has 39 heavy (non-hydrogen) atoms. The third-order valence-electron chi connectivity index (χ3n) is 4.91. The minimum absolute atomic E-state index is 0.0862. The van der Waals surface area contributed by atoms with E-state index in [0.717, 1.165) is 11.4 Å². The third kappa shape index (κ3) is 11.7. The minimum Gasteiger partial charge on any atom is -0.492 e. The van der Waals surface area contributed by atoms with Gasteiger partial charge in [-0.2, -0.15) is 5.10 Å². The van der Waals surface area contributed by atoms with Gasteiger partial charge < -0.3 is 27.7 Å². The number of nitrogens with one attached hydrogen (secondary N) is 3. The maximum absolute atomic E-state index is 12.2. The van der Waals surface area contributed by atoms with Gasteiger partial charge in [-0.05, 0) is 31.9 Å². The molecule has 12 heteroatoms. The Morgan fingerprint density at radius 1 is 1.08 bits per heavy atom. The molecule has 0 saturated heterocycles. The Morgan fingerprint density at radius 3 is 2.26 bits per heavy atom. The maximum Gasteiger partial charge on any atom is 0.407 e. The van der Waals surface area contributed by atoms with Crippen LogP contribution in [0.5, 0.6) is 11.5 Å². The van der Waals surface area contributed by atoms with Gasteiger partial charge >= 0.3 is 6.09 Å². The number of amides is 2. The summed E-state index contributed by atoms with van der Waals surface area (Å²) in [5, 5.41) is 11.6. The van der Waals surface area contributed by atoms with Crippen molar-refractivity contribution >= 4 is 51.9 Å². The number of benzene rings is 1. The van der Waals surface area contributed by atoms with Gasteiger partial charge in [0.1, 0.15) is 22.6 Å². The number of aromatic nitrogens is 4. The largest absolute Gasteiger partial charge is 0.492 e. The zero-order valence-electron chi connectivity index (χ0n) is 24.3. The van der Waals surface area contributed by atoms with E-state index in [2.05, 4.69) is 60.4 Å². The molecule has 3 rings (SSSR count). The molecule has 0 bridgehead atoms. The van der Waals surface area contributed by atoms with E-state index in [1.165, 1.54) is 19.0 Å². The lowest BCUT2D eigenvalue weighted by molar-refractivity contribution is -0.116. The molecule has 0 spiro atoms. The van der Waals surface area contributed by atoms with Crippen LogP contribution in [0.25, 0.3) is 11.0 Å². The number of carbonyl (C=O) groups is 2. The zero-order valence-corrected chi connectivity index (χ0v) is 26.4. The molecule has 0 radical (unpaired) electrons. The highest BCUT2D eigenvalue weighted by atomic mass is 127. The lowest BCUT2D eigenvalue weighted by Gasteiger charge is -2.14. The van der Waals surface area contributed by atoms with Crippen LogP contribution in [0.15, 0.2) is 24.4 Å². The highest BCUT2D eigenvalue weighted by Crippen LogP contribution is 2.35. The first-order chi connectivity index (χ1) is 18.6. The summed E-state index contributed by atoms with van der Waals surface area (Å²) in [5.74, 6) is 2.84. The second kappa shape index (κ2) is 18.3. The first-order valence-corrected chi connectivity index (χ1v) is 14.1. The predicted octanol–water partition coefficient (Wildman–Crippen LogP) is 6.71. The molecule has 0 aliphatic rings. The van der Waals surface area contributed by atoms with E-state index in [1.807, 2.05) is 41.5 Å². The van der Waals surface area contributed by atoms with Gasteiger partial charge in [-0.15, -0.1) is 0 Å². The summed E-state index contributed by atoms with van der Waals surface area (Å²) in [6.07, 6.45) is 2.96. The van der Waals surface area contributed by atoms with Crippen molar-refractivity contribution in [2.75, 3.05) is 18.5 Å². The highest BCUT2D eigenvalue weighted by molar-refractivity contribution is 14.1. The molecule has 3 N–H and O–H groups in total. The number of hydrogen-bond acceptors (Lipinski definition) is 7. The van der Waals surface area contributed by atoms with E-state index in [0.29, 0.717) is 35.3 Å². The second-order valence-electron chi connectivity index (χ2n) is 9.27. The van der Waals surface area contributed by atoms with Gasteiger partial charge in [0.25, 0.3) is 0 Å². The van der Waals surface area contributed by atoms with Crippen molar-refractivity contribution in [3.05, 3.63) is 30.2 Å². The molecule has 218 valence electrons. The van der Waals surface area contributed by atoms with Crippen LogP contribution < -0.4 is 18.4 Å². The number of rotatable bonds is 10. The average molecular weight is 659 g/mol. The summed E-state index contributed by atoms with van der Waals surface area (Å²) in [6.45, 7) is 15.1. The Bertz CT molecular complexity index is 1130. The molecule has 0 fully saturated rings. The molecular formula is C27H43IN6O5. The second-order valence-corrected chi connectivity index (χ2v) is 9.71. The number of unbranched alkanes of at least 4 members (excludes halogenated alkanes) is 1. The smallest absolute Gasteiger partial charge is 0.407 e. The Morgan fingerprint density at radius 2 is 1.72 bits per heavy atom. The number of fused-ring (bicyclic) bond motifs is 1.